The van der Waals surface area contributed by atoms with Crippen LogP contribution in [0.15, 0.2) is 24.5 Å². The van der Waals surface area contributed by atoms with E-state index in [0.29, 0.717) is 36.0 Å². The van der Waals surface area contributed by atoms with Crippen LogP contribution >= 0.6 is 0 Å². The van der Waals surface area contributed by atoms with E-state index in [1.807, 2.05) is 21.8 Å². The molecule has 6 heterocycles. The van der Waals surface area contributed by atoms with Gasteiger partial charge in [-0.05, 0) is 26.3 Å². The summed E-state index contributed by atoms with van der Waals surface area (Å²) in [6.07, 6.45) is 2.72. The van der Waals surface area contributed by atoms with E-state index in [1.54, 1.807) is 19.4 Å². The van der Waals surface area contributed by atoms with Gasteiger partial charge in [-0.1, -0.05) is 0 Å². The van der Waals surface area contributed by atoms with Crippen molar-refractivity contribution < 1.29 is 13.9 Å². The molecule has 3 fully saturated rings. The summed E-state index contributed by atoms with van der Waals surface area (Å²) >= 11 is 0. The number of rotatable bonds is 6. The van der Waals surface area contributed by atoms with Crippen LogP contribution in [0.2, 0.25) is 0 Å². The van der Waals surface area contributed by atoms with Gasteiger partial charge in [-0.2, -0.15) is 10.1 Å². The highest BCUT2D eigenvalue weighted by atomic mass is 19.1. The number of fused-ring (bicyclic) bond motifs is 1. The lowest BCUT2D eigenvalue weighted by atomic mass is 9.78. The van der Waals surface area contributed by atoms with Crippen LogP contribution in [0.5, 0.6) is 0 Å². The smallest absolute Gasteiger partial charge is 0.227 e. The number of nitrogens with one attached hydrogen (secondary N) is 1. The summed E-state index contributed by atoms with van der Waals surface area (Å²) in [4.78, 5) is 17.8. The number of piperidine rings is 1. The van der Waals surface area contributed by atoms with Crippen molar-refractivity contribution >= 4 is 34.3 Å². The zero-order valence-electron chi connectivity index (χ0n) is 20.3. The summed E-state index contributed by atoms with van der Waals surface area (Å²) in [6.45, 7) is 8.75. The number of methoxy groups -OCH3 is 1. The number of halogens is 1. The van der Waals surface area contributed by atoms with Crippen molar-refractivity contribution in [2.75, 3.05) is 61.6 Å². The first kappa shape index (κ1) is 22.4. The molecule has 0 amide bonds. The van der Waals surface area contributed by atoms with E-state index >= 15 is 0 Å². The first-order valence-corrected chi connectivity index (χ1v) is 12.2. The minimum absolute atomic E-state index is 0.207. The number of alkyl halides is 1. The van der Waals surface area contributed by atoms with Crippen molar-refractivity contribution in [1.29, 1.82) is 0 Å². The summed E-state index contributed by atoms with van der Waals surface area (Å²) in [7, 11) is 1.55. The Morgan fingerprint density at radius 2 is 2.03 bits per heavy atom. The Morgan fingerprint density at radius 3 is 2.71 bits per heavy atom. The fraction of sp³-hybridized carbons (Fsp3) is 0.583. The second-order valence-electron chi connectivity index (χ2n) is 10.2. The molecule has 6 rings (SSSR count). The maximum Gasteiger partial charge on any atom is 0.227 e. The van der Waals surface area contributed by atoms with Gasteiger partial charge in [-0.3, -0.25) is 4.68 Å². The number of aromatic nitrogens is 5. The van der Waals surface area contributed by atoms with Gasteiger partial charge in [0.15, 0.2) is 5.82 Å². The van der Waals surface area contributed by atoms with E-state index in [1.165, 1.54) is 0 Å². The molecule has 1 spiro atoms. The molecule has 3 aromatic heterocycles. The van der Waals surface area contributed by atoms with Crippen LogP contribution in [0, 0.1) is 5.41 Å². The van der Waals surface area contributed by atoms with Crippen LogP contribution in [0.4, 0.5) is 27.8 Å². The minimum atomic E-state index is -1.07. The summed E-state index contributed by atoms with van der Waals surface area (Å²) < 4.78 is 27.1. The Morgan fingerprint density at radius 1 is 1.20 bits per heavy atom. The van der Waals surface area contributed by atoms with Crippen LogP contribution in [0.3, 0.4) is 0 Å². The number of ether oxygens (including phenoxy) is 2. The van der Waals surface area contributed by atoms with Gasteiger partial charge in [0.25, 0.3) is 0 Å². The molecule has 3 aliphatic heterocycles. The predicted molar refractivity (Wildman–Crippen MR) is 131 cm³/mol. The van der Waals surface area contributed by atoms with Crippen LogP contribution < -0.4 is 15.1 Å². The lowest BCUT2D eigenvalue weighted by Gasteiger charge is -2.55. The molecule has 0 saturated carbocycles. The molecular formula is C24H31FN8O2. The Labute approximate surface area is 203 Å². The molecule has 3 saturated heterocycles. The van der Waals surface area contributed by atoms with Crippen molar-refractivity contribution in [2.45, 2.75) is 38.6 Å². The first-order valence-electron chi connectivity index (χ1n) is 12.2. The van der Waals surface area contributed by atoms with Crippen molar-refractivity contribution in [1.82, 2.24) is 24.7 Å². The summed E-state index contributed by atoms with van der Waals surface area (Å²) in [5.41, 5.74) is 1.34. The summed E-state index contributed by atoms with van der Waals surface area (Å²) in [5, 5.41) is 9.27. The first-order chi connectivity index (χ1) is 16.9. The normalized spacial score (nSPS) is 23.6. The highest BCUT2D eigenvalue weighted by Gasteiger charge is 2.50. The van der Waals surface area contributed by atoms with Crippen molar-refractivity contribution in [2.24, 2.45) is 5.41 Å². The number of pyridine rings is 1. The average molecular weight is 483 g/mol. The Bertz CT molecular complexity index is 1220. The fourth-order valence-corrected chi connectivity index (χ4v) is 5.23. The number of nitrogens with zero attached hydrogens (tertiary/aromatic N) is 7. The van der Waals surface area contributed by atoms with Gasteiger partial charge in [-0.15, -0.1) is 0 Å². The number of hydrogen-bond acceptors (Lipinski definition) is 9. The molecule has 0 aliphatic carbocycles. The van der Waals surface area contributed by atoms with Crippen LogP contribution in [-0.4, -0.2) is 83.5 Å². The van der Waals surface area contributed by atoms with E-state index in [2.05, 4.69) is 39.0 Å². The third-order valence-corrected chi connectivity index (χ3v) is 7.20. The van der Waals surface area contributed by atoms with Crippen LogP contribution in [0.25, 0.3) is 10.9 Å². The molecule has 0 aromatic carbocycles. The Balaban J connectivity index is 1.23. The second kappa shape index (κ2) is 8.56. The largest absolute Gasteiger partial charge is 0.380 e. The predicted octanol–water partition coefficient (Wildman–Crippen LogP) is 2.95. The summed E-state index contributed by atoms with van der Waals surface area (Å²) in [6, 6.07) is 4.01. The third-order valence-electron chi connectivity index (χ3n) is 7.20. The quantitative estimate of drug-likeness (QED) is 0.569. The van der Waals surface area contributed by atoms with Gasteiger partial charge in [0.1, 0.15) is 17.8 Å². The van der Waals surface area contributed by atoms with E-state index in [-0.39, 0.29) is 18.7 Å². The standard InChI is InChI=1S/C24H31FN8O2/c1-15(2)33-18-8-21(27-9-16(18)22(30-33)32-11-24(12-32)13-35-14-24)28-20-4-6-26-23(29-20)31-7-5-19(34-3)17(25)10-31/h4,6,8-9,15,17,19H,5,7,10-14H2,1-3H3,(H,26,27,28,29). The van der Waals surface area contributed by atoms with Gasteiger partial charge in [-0.25, -0.2) is 14.4 Å². The molecule has 0 bridgehead atoms. The highest BCUT2D eigenvalue weighted by molar-refractivity contribution is 5.92. The SMILES string of the molecule is COC1CCN(c2nccc(Nc3cc4c(cn3)c(N3CC5(COC5)C3)nn4C(C)C)n2)CC1F. The molecule has 0 radical (unpaired) electrons. The second-order valence-corrected chi connectivity index (χ2v) is 10.2. The minimum Gasteiger partial charge on any atom is -0.380 e. The van der Waals surface area contributed by atoms with E-state index in [0.717, 1.165) is 43.0 Å². The zero-order valence-corrected chi connectivity index (χ0v) is 20.3. The zero-order chi connectivity index (χ0) is 24.2. The Kier molecular flexibility index (Phi) is 5.48. The Hall–Kier alpha value is -3.05. The van der Waals surface area contributed by atoms with Gasteiger partial charge in [0.05, 0.1) is 42.2 Å². The number of anilines is 4. The molecule has 2 unspecified atom stereocenters. The molecule has 1 N–H and O–H groups in total. The number of hydrogen-bond donors (Lipinski definition) is 1. The van der Waals surface area contributed by atoms with Crippen LogP contribution in [0.1, 0.15) is 26.3 Å². The van der Waals surface area contributed by atoms with E-state index in [9.17, 15) is 4.39 Å². The molecule has 2 atom stereocenters. The molecule has 11 heteroatoms. The maximum atomic E-state index is 14.4. The topological polar surface area (TPSA) is 93.5 Å². The van der Waals surface area contributed by atoms with Crippen LogP contribution in [-0.2, 0) is 9.47 Å². The molecule has 35 heavy (non-hydrogen) atoms. The lowest BCUT2D eigenvalue weighted by molar-refractivity contribution is -0.127. The van der Waals surface area contributed by atoms with Gasteiger partial charge >= 0.3 is 0 Å². The molecular weight excluding hydrogens is 451 g/mol. The lowest BCUT2D eigenvalue weighted by Crippen LogP contribution is -2.66. The molecule has 3 aromatic rings. The molecule has 3 aliphatic rings. The van der Waals surface area contributed by atoms with Crippen molar-refractivity contribution in [3.63, 3.8) is 0 Å². The van der Waals surface area contributed by atoms with Crippen molar-refractivity contribution in [3.8, 4) is 0 Å². The highest BCUT2D eigenvalue weighted by Crippen LogP contribution is 2.42. The molecule has 186 valence electrons. The summed E-state index contributed by atoms with van der Waals surface area (Å²) in [5.74, 6) is 2.75. The van der Waals surface area contributed by atoms with Crippen molar-refractivity contribution in [3.05, 3.63) is 24.5 Å². The van der Waals surface area contributed by atoms with E-state index < -0.39 is 6.17 Å². The third kappa shape index (κ3) is 3.96. The fourth-order valence-electron chi connectivity index (χ4n) is 5.23. The average Bonchev–Trinajstić information content (AvgIpc) is 3.16. The molecule has 10 nitrogen and oxygen atoms in total. The van der Waals surface area contributed by atoms with E-state index in [4.69, 9.17) is 14.6 Å². The maximum absolute atomic E-state index is 14.4. The van der Waals surface area contributed by atoms with Gasteiger partial charge in [0, 0.05) is 51.2 Å². The van der Waals surface area contributed by atoms with Gasteiger partial charge < -0.3 is 24.6 Å². The van der Waals surface area contributed by atoms with Gasteiger partial charge in [0.2, 0.25) is 5.95 Å². The monoisotopic (exact) mass is 482 g/mol.